The summed E-state index contributed by atoms with van der Waals surface area (Å²) in [6, 6.07) is 0. The van der Waals surface area contributed by atoms with E-state index in [1.165, 1.54) is 13.3 Å². The van der Waals surface area contributed by atoms with Crippen LogP contribution < -0.4 is 10.8 Å². The maximum absolute atomic E-state index is 10.3. The average Bonchev–Trinajstić information content (AvgIpc) is 2.32. The Balaban J connectivity index is -0.0000000830. The predicted molar refractivity (Wildman–Crippen MR) is 87.5 cm³/mol. The van der Waals surface area contributed by atoms with Gasteiger partial charge in [0, 0.05) is 18.8 Å². The Morgan fingerprint density at radius 1 is 1.14 bits per heavy atom. The third-order valence-electron chi connectivity index (χ3n) is 2.52. The standard InChI is InChI=1S/C8H14O4.C5H13N.3CH4/c1-7(9)12-6-4-2-3-5-8(10)11;1-3-5(2)4-6;;;/h2-6H2,1H3,(H,10,11);5H,3-4,6H2,1-2H3;3*1H4. The Kier molecular flexibility index (Phi) is 36.5. The van der Waals surface area contributed by atoms with Crippen molar-refractivity contribution in [2.75, 3.05) is 13.2 Å². The fraction of sp³-hybridized carbons (Fsp3) is 0.875. The first-order valence-corrected chi connectivity index (χ1v) is 6.56. The average molecular weight is 309 g/mol. The Bertz CT molecular complexity index is 198. The summed E-state index contributed by atoms with van der Waals surface area (Å²) in [6.07, 6.45) is 3.40. The molecule has 0 rings (SSSR count). The first kappa shape index (κ1) is 32.0. The lowest BCUT2D eigenvalue weighted by molar-refractivity contribution is -0.378. The van der Waals surface area contributed by atoms with Crippen LogP contribution in [0.2, 0.25) is 0 Å². The molecule has 0 aliphatic rings. The number of unbranched alkanes of at least 4 members (excludes halogenated alkanes) is 2. The smallest absolute Gasteiger partial charge is 0.302 e. The van der Waals surface area contributed by atoms with Crippen LogP contribution in [0.15, 0.2) is 0 Å². The van der Waals surface area contributed by atoms with E-state index in [1.54, 1.807) is 0 Å². The van der Waals surface area contributed by atoms with Gasteiger partial charge in [-0.2, -0.15) is 0 Å². The van der Waals surface area contributed by atoms with Crippen molar-refractivity contribution in [3.05, 3.63) is 0 Å². The lowest BCUT2D eigenvalue weighted by Gasteiger charge is -2.02. The summed E-state index contributed by atoms with van der Waals surface area (Å²) in [5.41, 5.74) is 3.76. The Morgan fingerprint density at radius 3 is 1.95 bits per heavy atom. The fourth-order valence-electron chi connectivity index (χ4n) is 0.968. The van der Waals surface area contributed by atoms with Gasteiger partial charge in [-0.25, -0.2) is 0 Å². The minimum atomic E-state index is -1.03. The molecular weight excluding hydrogens is 270 g/mol. The van der Waals surface area contributed by atoms with Crippen LogP contribution >= 0.6 is 0 Å². The molecule has 21 heavy (non-hydrogen) atoms. The summed E-state index contributed by atoms with van der Waals surface area (Å²) in [6.45, 7) is 7.21. The van der Waals surface area contributed by atoms with Crippen molar-refractivity contribution in [1.29, 1.82) is 0 Å². The third kappa shape index (κ3) is 38.1. The second-order valence-corrected chi connectivity index (χ2v) is 4.32. The molecule has 1 unspecified atom stereocenters. The number of quaternary nitrogens is 1. The number of hydrogen-bond acceptors (Lipinski definition) is 4. The van der Waals surface area contributed by atoms with Crippen LogP contribution in [-0.4, -0.2) is 25.1 Å². The second kappa shape index (κ2) is 24.0. The zero-order valence-corrected chi connectivity index (χ0v) is 11.9. The van der Waals surface area contributed by atoms with E-state index >= 15 is 0 Å². The molecule has 5 nitrogen and oxygen atoms in total. The lowest BCUT2D eigenvalue weighted by atomic mass is 10.1. The highest BCUT2D eigenvalue weighted by molar-refractivity contribution is 5.65. The minimum Gasteiger partial charge on any atom is -0.550 e. The van der Waals surface area contributed by atoms with Gasteiger partial charge in [0.25, 0.3) is 0 Å². The number of hydrogen-bond donors (Lipinski definition) is 1. The molecule has 0 saturated carbocycles. The van der Waals surface area contributed by atoms with E-state index in [4.69, 9.17) is 0 Å². The monoisotopic (exact) mass is 309 g/mol. The maximum atomic E-state index is 10.3. The first-order chi connectivity index (χ1) is 8.43. The highest BCUT2D eigenvalue weighted by Crippen LogP contribution is 1.99. The molecule has 0 aliphatic carbocycles. The molecule has 0 aromatic heterocycles. The van der Waals surface area contributed by atoms with Gasteiger partial charge in [-0.15, -0.1) is 0 Å². The molecule has 1 atom stereocenters. The first-order valence-electron chi connectivity index (χ1n) is 6.56. The van der Waals surface area contributed by atoms with E-state index in [2.05, 4.69) is 24.3 Å². The second-order valence-electron chi connectivity index (χ2n) is 4.32. The van der Waals surface area contributed by atoms with Gasteiger partial charge in [-0.1, -0.05) is 36.1 Å². The van der Waals surface area contributed by atoms with Crippen molar-refractivity contribution in [3.63, 3.8) is 0 Å². The number of rotatable bonds is 8. The predicted octanol–water partition coefficient (Wildman–Crippen LogP) is 2.04. The van der Waals surface area contributed by atoms with E-state index in [-0.39, 0.29) is 34.7 Å². The van der Waals surface area contributed by atoms with Gasteiger partial charge >= 0.3 is 5.97 Å². The third-order valence-corrected chi connectivity index (χ3v) is 2.52. The Labute approximate surface area is 132 Å². The lowest BCUT2D eigenvalue weighted by Crippen LogP contribution is -2.52. The summed E-state index contributed by atoms with van der Waals surface area (Å²) in [5, 5.41) is 9.94. The number of ether oxygens (including phenoxy) is 1. The largest absolute Gasteiger partial charge is 0.550 e. The van der Waals surface area contributed by atoms with E-state index < -0.39 is 5.97 Å². The molecule has 0 heterocycles. The van der Waals surface area contributed by atoms with Gasteiger partial charge < -0.3 is 20.4 Å². The molecule has 0 amide bonds. The zero-order valence-electron chi connectivity index (χ0n) is 11.9. The zero-order chi connectivity index (χ0) is 14.4. The molecular formula is C16H39NO4. The van der Waals surface area contributed by atoms with Crippen LogP contribution in [0.3, 0.4) is 0 Å². The SMILES string of the molecule is C.C.C.CC(=O)OCCCCCC(=O)[O-].CCC(C)C[NH3+]. The molecule has 0 bridgehead atoms. The normalized spacial score (nSPS) is 9.52. The van der Waals surface area contributed by atoms with Crippen molar-refractivity contribution >= 4 is 11.9 Å². The van der Waals surface area contributed by atoms with Gasteiger partial charge in [0.1, 0.15) is 0 Å². The molecule has 0 radical (unpaired) electrons. The molecule has 0 fully saturated rings. The summed E-state index contributed by atoms with van der Waals surface area (Å²) in [4.78, 5) is 20.2. The van der Waals surface area contributed by atoms with E-state index in [9.17, 15) is 14.7 Å². The van der Waals surface area contributed by atoms with E-state index in [0.717, 1.165) is 18.9 Å². The summed E-state index contributed by atoms with van der Waals surface area (Å²) in [7, 11) is 0. The highest BCUT2D eigenvalue weighted by atomic mass is 16.5. The molecule has 0 aliphatic heterocycles. The number of esters is 1. The van der Waals surface area contributed by atoms with Crippen molar-refractivity contribution in [2.24, 2.45) is 5.92 Å². The Hall–Kier alpha value is -1.10. The van der Waals surface area contributed by atoms with Crippen LogP contribution in [0.25, 0.3) is 0 Å². The topological polar surface area (TPSA) is 94.1 Å². The quantitative estimate of drug-likeness (QED) is 0.548. The highest BCUT2D eigenvalue weighted by Gasteiger charge is 1.93. The molecule has 0 saturated heterocycles. The number of carboxylic acids is 1. The molecule has 3 N–H and O–H groups in total. The van der Waals surface area contributed by atoms with E-state index in [0.29, 0.717) is 19.4 Å². The van der Waals surface area contributed by atoms with Gasteiger partial charge in [-0.3, -0.25) is 4.79 Å². The summed E-state index contributed by atoms with van der Waals surface area (Å²) in [5.74, 6) is -0.498. The van der Waals surface area contributed by atoms with Crippen molar-refractivity contribution < 1.29 is 25.2 Å². The van der Waals surface area contributed by atoms with Gasteiger partial charge in [0.15, 0.2) is 0 Å². The molecule has 132 valence electrons. The van der Waals surface area contributed by atoms with Gasteiger partial charge in [0.2, 0.25) is 0 Å². The van der Waals surface area contributed by atoms with Crippen LogP contribution in [0.1, 0.15) is 75.2 Å². The van der Waals surface area contributed by atoms with Crippen molar-refractivity contribution in [3.8, 4) is 0 Å². The molecule has 0 aromatic carbocycles. The van der Waals surface area contributed by atoms with Crippen LogP contribution in [0.4, 0.5) is 0 Å². The van der Waals surface area contributed by atoms with Crippen LogP contribution in [-0.2, 0) is 14.3 Å². The molecule has 0 spiro atoms. The summed E-state index contributed by atoms with van der Waals surface area (Å²) >= 11 is 0. The van der Waals surface area contributed by atoms with Crippen LogP contribution in [0.5, 0.6) is 0 Å². The number of carboxylic acid groups (broad SMARTS) is 1. The fourth-order valence-corrected chi connectivity index (χ4v) is 0.968. The van der Waals surface area contributed by atoms with E-state index in [1.807, 2.05) is 0 Å². The number of carbonyl (C=O) groups is 2. The van der Waals surface area contributed by atoms with Crippen molar-refractivity contribution in [1.82, 2.24) is 0 Å². The van der Waals surface area contributed by atoms with Gasteiger partial charge in [0.05, 0.1) is 13.2 Å². The number of aliphatic carboxylic acids is 1. The van der Waals surface area contributed by atoms with Crippen LogP contribution in [0, 0.1) is 5.92 Å². The summed E-state index contributed by atoms with van der Waals surface area (Å²) < 4.78 is 4.65. The number of carbonyl (C=O) groups excluding carboxylic acids is 2. The molecule has 5 heteroatoms. The maximum Gasteiger partial charge on any atom is 0.302 e. The Morgan fingerprint density at radius 2 is 1.67 bits per heavy atom. The molecule has 0 aromatic rings. The van der Waals surface area contributed by atoms with Gasteiger partial charge in [-0.05, 0) is 32.1 Å². The minimum absolute atomic E-state index is 0. The van der Waals surface area contributed by atoms with Crippen molar-refractivity contribution in [2.45, 2.75) is 75.2 Å².